The molecule has 16 heteroatoms. The van der Waals surface area contributed by atoms with Crippen LogP contribution in [-0.2, 0) is 111 Å². The zero-order valence-electron chi connectivity index (χ0n) is 54.5. The van der Waals surface area contributed by atoms with E-state index in [0.29, 0.717) is 78.8 Å². The van der Waals surface area contributed by atoms with Gasteiger partial charge in [-0.2, -0.15) is 0 Å². The SMILES string of the molecule is N/C(=C\C(=O)COc1c2cccc1Cc1cccc(c1OCc1cn(Cc3c4ccccc4cc4ccccc34)nn1)CC1C=CC=C(Cc3cccc(c3OCc3cn(Cc4c5ccccc5cc5ccccc45)nn3)C2)C1OCC(=O)/C=C(\N)c1ccccc1)c1ccccc1.[Ag+].[Ag+]. The van der Waals surface area contributed by atoms with E-state index in [9.17, 15) is 9.59 Å². The number of hydrogen-bond donors (Lipinski definition) is 2. The van der Waals surface area contributed by atoms with Gasteiger partial charge in [0.15, 0.2) is 18.2 Å². The van der Waals surface area contributed by atoms with Gasteiger partial charge in [-0.25, -0.2) is 9.36 Å². The summed E-state index contributed by atoms with van der Waals surface area (Å²) in [7, 11) is 0. The van der Waals surface area contributed by atoms with Gasteiger partial charge in [-0.05, 0) is 129 Å². The van der Waals surface area contributed by atoms with Crippen LogP contribution in [0.2, 0.25) is 0 Å². The molecule has 2 atom stereocenters. The normalized spacial score (nSPS) is 14.5. The molecule has 2 aliphatic rings. The minimum absolute atomic E-state index is 0. The first kappa shape index (κ1) is 68.0. The molecule has 4 N–H and O–H groups in total. The molecule has 100 heavy (non-hydrogen) atoms. The van der Waals surface area contributed by atoms with Gasteiger partial charge >= 0.3 is 44.8 Å². The quantitative estimate of drug-likeness (QED) is 0.0419. The van der Waals surface area contributed by atoms with Gasteiger partial charge in [0.2, 0.25) is 0 Å². The Morgan fingerprint density at radius 1 is 0.450 bits per heavy atom. The number of carbonyl (C=O) groups excluding carboxylic acids is 2. The topological polar surface area (TPSA) is 185 Å². The van der Waals surface area contributed by atoms with Crippen molar-refractivity contribution in [3.8, 4) is 17.2 Å². The zero-order valence-corrected chi connectivity index (χ0v) is 57.5. The molecule has 2 heterocycles. The number of ether oxygens (including phenoxy) is 4. The second-order valence-electron chi connectivity index (χ2n) is 25.1. The largest absolute Gasteiger partial charge is 1.00 e. The van der Waals surface area contributed by atoms with Crippen molar-refractivity contribution in [2.24, 2.45) is 17.4 Å². The van der Waals surface area contributed by atoms with Crippen molar-refractivity contribution >= 4 is 66.1 Å². The number of para-hydroxylation sites is 3. The Bertz CT molecular complexity index is 5190. The third-order valence-electron chi connectivity index (χ3n) is 18.5. The molecule has 0 aliphatic heterocycles. The fourth-order valence-electron chi connectivity index (χ4n) is 13.9. The third kappa shape index (κ3) is 15.2. The molecule has 15 rings (SSSR count). The molecule has 13 aromatic rings. The molecule has 14 nitrogen and oxygen atoms in total. The number of ketones is 2. The van der Waals surface area contributed by atoms with Crippen molar-refractivity contribution in [2.75, 3.05) is 13.2 Å². The second-order valence-corrected chi connectivity index (χ2v) is 25.1. The number of rotatable bonds is 20. The third-order valence-corrected chi connectivity index (χ3v) is 18.5. The van der Waals surface area contributed by atoms with Crippen molar-refractivity contribution in [2.45, 2.75) is 58.1 Å². The Labute approximate surface area is 610 Å². The van der Waals surface area contributed by atoms with Crippen LogP contribution in [-0.4, -0.2) is 60.9 Å². The Morgan fingerprint density at radius 3 is 1.30 bits per heavy atom. The summed E-state index contributed by atoms with van der Waals surface area (Å²) in [4.78, 5) is 28.1. The molecule has 11 aromatic carbocycles. The monoisotopic (exact) mass is 1500 g/mol. The summed E-state index contributed by atoms with van der Waals surface area (Å²) in [6, 6.07) is 75.6. The van der Waals surface area contributed by atoms with Crippen LogP contribution in [0, 0.1) is 5.92 Å². The van der Waals surface area contributed by atoms with Crippen LogP contribution in [0.1, 0.15) is 67.0 Å². The average Bonchev–Trinajstić information content (AvgIpc) is 0.966. The molecule has 0 amide bonds. The molecule has 502 valence electrons. The molecule has 8 bridgehead atoms. The van der Waals surface area contributed by atoms with E-state index >= 15 is 0 Å². The number of aromatic nitrogens is 6. The van der Waals surface area contributed by atoms with Crippen LogP contribution in [0.25, 0.3) is 54.5 Å². The van der Waals surface area contributed by atoms with Gasteiger partial charge in [-0.15, -0.1) is 10.2 Å². The first-order chi connectivity index (χ1) is 48.2. The van der Waals surface area contributed by atoms with Crippen molar-refractivity contribution in [3.63, 3.8) is 0 Å². The van der Waals surface area contributed by atoms with E-state index in [1.165, 1.54) is 12.2 Å². The van der Waals surface area contributed by atoms with Gasteiger partial charge in [-0.3, -0.25) is 9.59 Å². The maximum atomic E-state index is 14.1. The minimum Gasteiger partial charge on any atom is -0.487 e. The van der Waals surface area contributed by atoms with Crippen molar-refractivity contribution < 1.29 is 73.3 Å². The van der Waals surface area contributed by atoms with Crippen LogP contribution in [0.15, 0.2) is 273 Å². The van der Waals surface area contributed by atoms with E-state index in [-0.39, 0.29) is 88.7 Å². The van der Waals surface area contributed by atoms with Crippen LogP contribution in [0.3, 0.4) is 0 Å². The number of carbonyl (C=O) groups is 2. The summed E-state index contributed by atoms with van der Waals surface area (Å²) in [5.41, 5.74) is 25.0. The maximum absolute atomic E-state index is 14.1. The first-order valence-corrected chi connectivity index (χ1v) is 33.0. The molecule has 2 aromatic heterocycles. The Kier molecular flexibility index (Phi) is 21.2. The number of fused-ring (bicyclic) bond motifs is 12. The van der Waals surface area contributed by atoms with E-state index < -0.39 is 6.10 Å². The van der Waals surface area contributed by atoms with Gasteiger partial charge < -0.3 is 30.4 Å². The zero-order chi connectivity index (χ0) is 66.3. The molecule has 0 saturated heterocycles. The summed E-state index contributed by atoms with van der Waals surface area (Å²) in [5, 5.41) is 28.0. The molecule has 2 aliphatic carbocycles. The average molecular weight is 1500 g/mol. The number of allylic oxidation sites excluding steroid dienone is 2. The van der Waals surface area contributed by atoms with Gasteiger partial charge in [-0.1, -0.05) is 241 Å². The van der Waals surface area contributed by atoms with Crippen LogP contribution in [0.4, 0.5) is 0 Å². The molecular formula is C84H70Ag2N8O6+2. The van der Waals surface area contributed by atoms with Crippen LogP contribution >= 0.6 is 0 Å². The van der Waals surface area contributed by atoms with Crippen LogP contribution in [0.5, 0.6) is 17.2 Å². The Balaban J connectivity index is 0.00000448. The summed E-state index contributed by atoms with van der Waals surface area (Å²) in [6.07, 6.45) is 14.1. The van der Waals surface area contributed by atoms with E-state index in [1.54, 1.807) is 0 Å². The second kappa shape index (κ2) is 31.1. The molecule has 2 unspecified atom stereocenters. The number of nitrogens with zero attached hydrogens (tertiary/aromatic N) is 6. The van der Waals surface area contributed by atoms with E-state index in [4.69, 9.17) is 40.6 Å². The fourth-order valence-corrected chi connectivity index (χ4v) is 13.9. The van der Waals surface area contributed by atoms with Crippen molar-refractivity contribution in [1.29, 1.82) is 0 Å². The molecule has 0 fully saturated rings. The number of nitrogens with two attached hydrogens (primary N) is 2. The summed E-state index contributed by atoms with van der Waals surface area (Å²) >= 11 is 0. The van der Waals surface area contributed by atoms with Crippen LogP contribution < -0.4 is 25.7 Å². The molecule has 0 radical (unpaired) electrons. The summed E-state index contributed by atoms with van der Waals surface area (Å²) in [5.74, 6) is 1.04. The Hall–Kier alpha value is -10.5. The predicted octanol–water partition coefficient (Wildman–Crippen LogP) is 15.0. The summed E-state index contributed by atoms with van der Waals surface area (Å²) in [6.45, 7) is 0.709. The standard InChI is InChI=1S/C84H70N8O6.2Ag/c85-79(55-19-3-1-4-20-55)45-71(93)53-97-83-65-31-17-32-66(83)42-62-28-16-30-64(82(62)96-52-70-48-92(90-88-70)50-78-75-37-13-9-25-59(75)40-60-26-10-14-38-76(60)78)44-68-34-18-33-67(84(68)98-54-72(94)46-80(86)56-21-5-2-6-22-56)43-63-29-15-27-61(41-65)81(63)95-51-69-47-91(89-87-69)49-77-73-35-11-7-23-57(73)39-58-24-8-12-36-74(58)77;;/h1-40,45-48,65,83H,41-44,49-54,85-86H2;;/q;2*+1/b79-45-,80-46-;;. The predicted molar refractivity (Wildman–Crippen MR) is 385 cm³/mol. The van der Waals surface area contributed by atoms with E-state index in [2.05, 4.69) is 168 Å². The smallest absolute Gasteiger partial charge is 0.487 e. The van der Waals surface area contributed by atoms with Gasteiger partial charge in [0, 0.05) is 42.3 Å². The van der Waals surface area contributed by atoms with Gasteiger partial charge in [0.1, 0.15) is 48.5 Å². The fraction of sp³-hybridized carbons (Fsp3) is 0.143. The molecule has 0 spiro atoms. The van der Waals surface area contributed by atoms with Gasteiger partial charge in [0.25, 0.3) is 0 Å². The van der Waals surface area contributed by atoms with E-state index in [0.717, 1.165) is 104 Å². The van der Waals surface area contributed by atoms with E-state index in [1.807, 2.05) is 107 Å². The van der Waals surface area contributed by atoms with Gasteiger partial charge in [0.05, 0.1) is 31.6 Å². The molecule has 0 saturated carbocycles. The number of hydrogen-bond acceptors (Lipinski definition) is 12. The number of benzene rings is 11. The van der Waals surface area contributed by atoms with Crippen molar-refractivity contribution in [3.05, 3.63) is 340 Å². The molecular weight excluding hydrogens is 1430 g/mol. The Morgan fingerprint density at radius 2 is 0.840 bits per heavy atom. The first-order valence-electron chi connectivity index (χ1n) is 33.0. The van der Waals surface area contributed by atoms with Crippen molar-refractivity contribution in [1.82, 2.24) is 30.0 Å². The summed E-state index contributed by atoms with van der Waals surface area (Å²) < 4.78 is 31.8. The minimum atomic E-state index is -0.582. The maximum Gasteiger partial charge on any atom is 1.00 e.